The van der Waals surface area contributed by atoms with E-state index in [1.54, 1.807) is 11.3 Å². The van der Waals surface area contributed by atoms with E-state index in [1.807, 2.05) is 29.6 Å². The average molecular weight is 246 g/mol. The highest BCUT2D eigenvalue weighted by atomic mass is 32.1. The molecule has 0 saturated carbocycles. The Kier molecular flexibility index (Phi) is 3.97. The number of hydrogen-bond acceptors (Lipinski definition) is 2. The smallest absolute Gasteiger partial charge is 0.0869 e. The van der Waals surface area contributed by atoms with Gasteiger partial charge in [-0.2, -0.15) is 0 Å². The summed E-state index contributed by atoms with van der Waals surface area (Å²) in [6.07, 6.45) is 0.550. The lowest BCUT2D eigenvalue weighted by Crippen LogP contribution is -2.10. The van der Waals surface area contributed by atoms with E-state index in [-0.39, 0.29) is 5.92 Å². The van der Waals surface area contributed by atoms with E-state index in [4.69, 9.17) is 0 Å². The first kappa shape index (κ1) is 12.3. The van der Waals surface area contributed by atoms with Crippen LogP contribution in [0.5, 0.6) is 0 Å². The maximum absolute atomic E-state index is 10.5. The summed E-state index contributed by atoms with van der Waals surface area (Å²) in [6, 6.07) is 12.3. The third-order valence-electron chi connectivity index (χ3n) is 3.27. The van der Waals surface area contributed by atoms with Crippen LogP contribution in [0, 0.1) is 6.92 Å². The van der Waals surface area contributed by atoms with Crippen LogP contribution in [0.4, 0.5) is 0 Å². The molecule has 0 aliphatic heterocycles. The summed E-state index contributed by atoms with van der Waals surface area (Å²) < 4.78 is 0. The SMILES string of the molecule is CCC(c1ccccc1)C(O)c1ccsc1C. The minimum Gasteiger partial charge on any atom is -0.388 e. The summed E-state index contributed by atoms with van der Waals surface area (Å²) in [5.74, 6) is 0.185. The van der Waals surface area contributed by atoms with Crippen molar-refractivity contribution < 1.29 is 5.11 Å². The molecule has 2 aromatic rings. The van der Waals surface area contributed by atoms with Gasteiger partial charge in [-0.25, -0.2) is 0 Å². The fourth-order valence-corrected chi connectivity index (χ4v) is 3.00. The van der Waals surface area contributed by atoms with Crippen LogP contribution in [-0.4, -0.2) is 5.11 Å². The molecule has 2 atom stereocenters. The van der Waals surface area contributed by atoms with E-state index >= 15 is 0 Å². The van der Waals surface area contributed by atoms with Crippen molar-refractivity contribution in [3.05, 3.63) is 57.8 Å². The Bertz CT molecular complexity index is 461. The molecule has 90 valence electrons. The lowest BCUT2D eigenvalue weighted by atomic mass is 9.87. The molecule has 0 amide bonds. The number of benzene rings is 1. The summed E-state index contributed by atoms with van der Waals surface area (Å²) in [5.41, 5.74) is 2.29. The normalized spacial score (nSPS) is 14.5. The van der Waals surface area contributed by atoms with Gasteiger partial charge in [-0.05, 0) is 35.9 Å². The second-order valence-electron chi connectivity index (χ2n) is 4.30. The zero-order valence-electron chi connectivity index (χ0n) is 10.3. The van der Waals surface area contributed by atoms with Crippen LogP contribution in [0.15, 0.2) is 41.8 Å². The van der Waals surface area contributed by atoms with Crippen LogP contribution in [0.25, 0.3) is 0 Å². The van der Waals surface area contributed by atoms with Gasteiger partial charge in [0.2, 0.25) is 0 Å². The van der Waals surface area contributed by atoms with Crippen molar-refractivity contribution in [1.29, 1.82) is 0 Å². The average Bonchev–Trinajstić information content (AvgIpc) is 2.77. The lowest BCUT2D eigenvalue weighted by Gasteiger charge is -2.22. The molecular weight excluding hydrogens is 228 g/mol. The fraction of sp³-hybridized carbons (Fsp3) is 0.333. The summed E-state index contributed by atoms with van der Waals surface area (Å²) in [7, 11) is 0. The molecule has 1 aromatic heterocycles. The molecule has 0 aliphatic rings. The van der Waals surface area contributed by atoms with Crippen molar-refractivity contribution in [2.24, 2.45) is 0 Å². The first-order valence-electron chi connectivity index (χ1n) is 6.01. The van der Waals surface area contributed by atoms with Crippen molar-refractivity contribution in [2.75, 3.05) is 0 Å². The van der Waals surface area contributed by atoms with Crippen LogP contribution >= 0.6 is 11.3 Å². The number of thiophene rings is 1. The van der Waals surface area contributed by atoms with Gasteiger partial charge >= 0.3 is 0 Å². The Labute approximate surface area is 107 Å². The largest absolute Gasteiger partial charge is 0.388 e. The van der Waals surface area contributed by atoms with Gasteiger partial charge in [-0.3, -0.25) is 0 Å². The van der Waals surface area contributed by atoms with Gasteiger partial charge in [0.1, 0.15) is 0 Å². The van der Waals surface area contributed by atoms with Gasteiger partial charge in [0.15, 0.2) is 0 Å². The van der Waals surface area contributed by atoms with Gasteiger partial charge in [0.05, 0.1) is 6.10 Å². The summed E-state index contributed by atoms with van der Waals surface area (Å²) in [4.78, 5) is 1.21. The summed E-state index contributed by atoms with van der Waals surface area (Å²) >= 11 is 1.70. The van der Waals surface area contributed by atoms with Gasteiger partial charge in [0.25, 0.3) is 0 Å². The zero-order valence-corrected chi connectivity index (χ0v) is 11.1. The zero-order chi connectivity index (χ0) is 12.3. The molecule has 2 heteroatoms. The van der Waals surface area contributed by atoms with Crippen molar-refractivity contribution in [1.82, 2.24) is 0 Å². The molecule has 0 saturated heterocycles. The van der Waals surface area contributed by atoms with Crippen molar-refractivity contribution in [3.8, 4) is 0 Å². The van der Waals surface area contributed by atoms with Crippen LogP contribution in [0.2, 0.25) is 0 Å². The molecule has 17 heavy (non-hydrogen) atoms. The van der Waals surface area contributed by atoms with Crippen molar-refractivity contribution in [2.45, 2.75) is 32.3 Å². The molecule has 1 aromatic carbocycles. The van der Waals surface area contributed by atoms with E-state index in [0.717, 1.165) is 12.0 Å². The number of aliphatic hydroxyl groups excluding tert-OH is 1. The van der Waals surface area contributed by atoms with Crippen molar-refractivity contribution >= 4 is 11.3 Å². The summed E-state index contributed by atoms with van der Waals surface area (Å²) in [6.45, 7) is 4.20. The Morgan fingerprint density at radius 2 is 1.88 bits per heavy atom. The number of aryl methyl sites for hydroxylation is 1. The summed E-state index contributed by atoms with van der Waals surface area (Å²) in [5, 5.41) is 12.6. The first-order valence-corrected chi connectivity index (χ1v) is 6.89. The van der Waals surface area contributed by atoms with E-state index in [1.165, 1.54) is 10.4 Å². The maximum atomic E-state index is 10.5. The predicted molar refractivity (Wildman–Crippen MR) is 73.5 cm³/mol. The minimum atomic E-state index is -0.395. The number of aliphatic hydroxyl groups is 1. The molecule has 2 rings (SSSR count). The highest BCUT2D eigenvalue weighted by molar-refractivity contribution is 7.10. The number of hydrogen-bond donors (Lipinski definition) is 1. The van der Waals surface area contributed by atoms with Gasteiger partial charge in [0, 0.05) is 10.8 Å². The Hall–Kier alpha value is -1.12. The first-order chi connectivity index (χ1) is 8.24. The standard InChI is InChI=1S/C15H18OS/c1-3-13(12-7-5-4-6-8-12)15(16)14-9-10-17-11(14)2/h4-10,13,15-16H,3H2,1-2H3. The topological polar surface area (TPSA) is 20.2 Å². The molecule has 0 aliphatic carbocycles. The third kappa shape index (κ3) is 2.59. The third-order valence-corrected chi connectivity index (χ3v) is 4.13. The van der Waals surface area contributed by atoms with E-state index in [0.29, 0.717) is 0 Å². The van der Waals surface area contributed by atoms with Crippen LogP contribution in [0.3, 0.4) is 0 Å². The molecular formula is C15H18OS. The van der Waals surface area contributed by atoms with Gasteiger partial charge in [-0.1, -0.05) is 37.3 Å². The highest BCUT2D eigenvalue weighted by Crippen LogP contribution is 2.36. The molecule has 1 nitrogen and oxygen atoms in total. The maximum Gasteiger partial charge on any atom is 0.0869 e. The molecule has 1 N–H and O–H groups in total. The quantitative estimate of drug-likeness (QED) is 0.853. The highest BCUT2D eigenvalue weighted by Gasteiger charge is 2.22. The molecule has 0 spiro atoms. The Balaban J connectivity index is 2.28. The second kappa shape index (κ2) is 5.48. The minimum absolute atomic E-state index is 0.185. The van der Waals surface area contributed by atoms with Gasteiger partial charge < -0.3 is 5.11 Å². The molecule has 0 fully saturated rings. The van der Waals surface area contributed by atoms with E-state index < -0.39 is 6.10 Å². The molecule has 1 heterocycles. The fourth-order valence-electron chi connectivity index (χ4n) is 2.26. The van der Waals surface area contributed by atoms with E-state index in [9.17, 15) is 5.11 Å². The molecule has 0 bridgehead atoms. The van der Waals surface area contributed by atoms with Crippen LogP contribution < -0.4 is 0 Å². The Morgan fingerprint density at radius 1 is 1.18 bits per heavy atom. The van der Waals surface area contributed by atoms with Crippen LogP contribution in [-0.2, 0) is 0 Å². The lowest BCUT2D eigenvalue weighted by molar-refractivity contribution is 0.142. The molecule has 0 radical (unpaired) electrons. The monoisotopic (exact) mass is 246 g/mol. The van der Waals surface area contributed by atoms with Crippen molar-refractivity contribution in [3.63, 3.8) is 0 Å². The molecule has 2 unspecified atom stereocenters. The van der Waals surface area contributed by atoms with Gasteiger partial charge in [-0.15, -0.1) is 11.3 Å². The number of rotatable bonds is 4. The second-order valence-corrected chi connectivity index (χ2v) is 5.42. The Morgan fingerprint density at radius 3 is 2.41 bits per heavy atom. The van der Waals surface area contributed by atoms with E-state index in [2.05, 4.69) is 26.0 Å². The van der Waals surface area contributed by atoms with Crippen LogP contribution in [0.1, 0.15) is 41.4 Å². The predicted octanol–water partition coefficient (Wildman–Crippen LogP) is 4.28.